The van der Waals surface area contributed by atoms with Crippen molar-refractivity contribution in [3.8, 4) is 0 Å². The highest BCUT2D eigenvalue weighted by Crippen LogP contribution is 2.28. The van der Waals surface area contributed by atoms with E-state index in [0.29, 0.717) is 25.6 Å². The third kappa shape index (κ3) is 4.15. The fourth-order valence-corrected chi connectivity index (χ4v) is 2.70. The van der Waals surface area contributed by atoms with Crippen LogP contribution in [0.3, 0.4) is 0 Å². The standard InChI is InChI=1S/C14H27N3O3/c1-10(2)7-12(15)13(18)17-11-8-19-14(20-9-11)3-5-16-6-4-14/h10-12,16H,3-9,15H2,1-2H3,(H,17,18)/t12-/m0/s1. The van der Waals surface area contributed by atoms with Gasteiger partial charge in [0.25, 0.3) is 0 Å². The van der Waals surface area contributed by atoms with Gasteiger partial charge in [0, 0.05) is 25.9 Å². The smallest absolute Gasteiger partial charge is 0.237 e. The van der Waals surface area contributed by atoms with Gasteiger partial charge in [-0.05, 0) is 12.3 Å². The molecule has 0 aromatic rings. The SMILES string of the molecule is CC(C)C[C@H](N)C(=O)NC1COC2(CCNCC2)OC1. The largest absolute Gasteiger partial charge is 0.348 e. The highest BCUT2D eigenvalue weighted by Gasteiger charge is 2.39. The second kappa shape index (κ2) is 6.85. The first kappa shape index (κ1) is 15.7. The maximum atomic E-state index is 12.0. The Balaban J connectivity index is 1.75. The van der Waals surface area contributed by atoms with Crippen molar-refractivity contribution in [1.82, 2.24) is 10.6 Å². The van der Waals surface area contributed by atoms with Crippen LogP contribution in [0.1, 0.15) is 33.1 Å². The summed E-state index contributed by atoms with van der Waals surface area (Å²) in [5, 5.41) is 6.20. The van der Waals surface area contributed by atoms with Gasteiger partial charge in [-0.25, -0.2) is 0 Å². The van der Waals surface area contributed by atoms with Crippen LogP contribution in [0.2, 0.25) is 0 Å². The third-order valence-electron chi connectivity index (χ3n) is 3.87. The second-order valence-electron chi connectivity index (χ2n) is 6.22. The molecule has 0 radical (unpaired) electrons. The first-order chi connectivity index (χ1) is 9.51. The molecule has 2 aliphatic heterocycles. The molecular formula is C14H27N3O3. The highest BCUT2D eigenvalue weighted by atomic mass is 16.7. The van der Waals surface area contributed by atoms with Crippen LogP contribution in [0.5, 0.6) is 0 Å². The molecular weight excluding hydrogens is 258 g/mol. The van der Waals surface area contributed by atoms with E-state index in [1.165, 1.54) is 0 Å². The van der Waals surface area contributed by atoms with Gasteiger partial charge < -0.3 is 25.8 Å². The van der Waals surface area contributed by atoms with E-state index in [4.69, 9.17) is 15.2 Å². The molecule has 2 heterocycles. The Kier molecular flexibility index (Phi) is 5.37. The number of hydrogen-bond donors (Lipinski definition) is 3. The minimum atomic E-state index is -0.454. The lowest BCUT2D eigenvalue weighted by molar-refractivity contribution is -0.283. The molecule has 0 saturated carbocycles. The van der Waals surface area contributed by atoms with Crippen molar-refractivity contribution >= 4 is 5.91 Å². The summed E-state index contributed by atoms with van der Waals surface area (Å²) in [4.78, 5) is 12.0. The summed E-state index contributed by atoms with van der Waals surface area (Å²) in [6.07, 6.45) is 2.41. The van der Waals surface area contributed by atoms with Crippen LogP contribution in [-0.2, 0) is 14.3 Å². The number of hydrogen-bond acceptors (Lipinski definition) is 5. The lowest BCUT2D eigenvalue weighted by Crippen LogP contribution is -2.57. The number of nitrogens with two attached hydrogens (primary N) is 1. The van der Waals surface area contributed by atoms with Crippen LogP contribution in [0.25, 0.3) is 0 Å². The number of carbonyl (C=O) groups excluding carboxylic acids is 1. The van der Waals surface area contributed by atoms with Crippen molar-refractivity contribution in [3.05, 3.63) is 0 Å². The highest BCUT2D eigenvalue weighted by molar-refractivity contribution is 5.81. The van der Waals surface area contributed by atoms with E-state index in [0.717, 1.165) is 25.9 Å². The fourth-order valence-electron chi connectivity index (χ4n) is 2.70. The lowest BCUT2D eigenvalue weighted by atomic mass is 10.0. The number of ether oxygens (including phenoxy) is 2. The maximum Gasteiger partial charge on any atom is 0.237 e. The zero-order chi connectivity index (χ0) is 14.6. The molecule has 20 heavy (non-hydrogen) atoms. The molecule has 0 aliphatic carbocycles. The predicted molar refractivity (Wildman–Crippen MR) is 76.1 cm³/mol. The van der Waals surface area contributed by atoms with E-state index >= 15 is 0 Å². The van der Waals surface area contributed by atoms with Crippen molar-refractivity contribution in [3.63, 3.8) is 0 Å². The van der Waals surface area contributed by atoms with Gasteiger partial charge in [-0.15, -0.1) is 0 Å². The van der Waals surface area contributed by atoms with E-state index in [9.17, 15) is 4.79 Å². The molecule has 4 N–H and O–H groups in total. The Morgan fingerprint density at radius 3 is 2.50 bits per heavy atom. The average molecular weight is 285 g/mol. The number of carbonyl (C=O) groups is 1. The summed E-state index contributed by atoms with van der Waals surface area (Å²) in [7, 11) is 0. The molecule has 2 fully saturated rings. The van der Waals surface area contributed by atoms with Crippen LogP contribution in [0.15, 0.2) is 0 Å². The van der Waals surface area contributed by atoms with Crippen molar-refractivity contribution in [2.45, 2.75) is 51.0 Å². The van der Waals surface area contributed by atoms with Gasteiger partial charge in [-0.2, -0.15) is 0 Å². The first-order valence-electron chi connectivity index (χ1n) is 7.55. The van der Waals surface area contributed by atoms with Gasteiger partial charge >= 0.3 is 0 Å². The van der Waals surface area contributed by atoms with Crippen LogP contribution in [0.4, 0.5) is 0 Å². The Morgan fingerprint density at radius 1 is 1.35 bits per heavy atom. The van der Waals surface area contributed by atoms with Gasteiger partial charge in [-0.1, -0.05) is 13.8 Å². The summed E-state index contributed by atoms with van der Waals surface area (Å²) in [5.41, 5.74) is 5.87. The quantitative estimate of drug-likeness (QED) is 0.675. The van der Waals surface area contributed by atoms with Gasteiger partial charge in [0.1, 0.15) is 0 Å². The molecule has 1 atom stereocenters. The fraction of sp³-hybridized carbons (Fsp3) is 0.929. The number of piperidine rings is 1. The Labute approximate surface area is 120 Å². The number of amides is 1. The van der Waals surface area contributed by atoms with Crippen LogP contribution < -0.4 is 16.4 Å². The summed E-state index contributed by atoms with van der Waals surface area (Å²) in [5.74, 6) is -0.142. The van der Waals surface area contributed by atoms with Crippen molar-refractivity contribution in [2.24, 2.45) is 11.7 Å². The average Bonchev–Trinajstić information content (AvgIpc) is 2.42. The molecule has 6 heteroatoms. The lowest BCUT2D eigenvalue weighted by Gasteiger charge is -2.42. The van der Waals surface area contributed by atoms with Crippen molar-refractivity contribution in [1.29, 1.82) is 0 Å². The molecule has 0 aromatic heterocycles. The number of rotatable bonds is 4. The van der Waals surface area contributed by atoms with E-state index in [1.807, 2.05) is 0 Å². The molecule has 0 aromatic carbocycles. The van der Waals surface area contributed by atoms with E-state index in [2.05, 4.69) is 24.5 Å². The Morgan fingerprint density at radius 2 is 1.95 bits per heavy atom. The molecule has 1 amide bonds. The molecule has 6 nitrogen and oxygen atoms in total. The van der Waals surface area contributed by atoms with Crippen molar-refractivity contribution < 1.29 is 14.3 Å². The van der Waals surface area contributed by atoms with Crippen LogP contribution in [-0.4, -0.2) is 50.1 Å². The summed E-state index contributed by atoms with van der Waals surface area (Å²) in [6, 6.07) is -0.550. The van der Waals surface area contributed by atoms with Gasteiger partial charge in [-0.3, -0.25) is 4.79 Å². The van der Waals surface area contributed by atoms with E-state index < -0.39 is 11.8 Å². The van der Waals surface area contributed by atoms with Gasteiger partial charge in [0.2, 0.25) is 5.91 Å². The topological polar surface area (TPSA) is 85.6 Å². The molecule has 0 unspecified atom stereocenters. The first-order valence-corrected chi connectivity index (χ1v) is 7.55. The number of nitrogens with one attached hydrogen (secondary N) is 2. The summed E-state index contributed by atoms with van der Waals surface area (Å²) in [6.45, 7) is 6.94. The molecule has 1 spiro atoms. The summed E-state index contributed by atoms with van der Waals surface area (Å²) < 4.78 is 11.7. The second-order valence-corrected chi connectivity index (χ2v) is 6.22. The minimum absolute atomic E-state index is 0.0961. The zero-order valence-corrected chi connectivity index (χ0v) is 12.5. The minimum Gasteiger partial charge on any atom is -0.348 e. The maximum absolute atomic E-state index is 12.0. The molecule has 2 aliphatic rings. The van der Waals surface area contributed by atoms with Crippen molar-refractivity contribution in [2.75, 3.05) is 26.3 Å². The van der Waals surface area contributed by atoms with Crippen LogP contribution in [0, 0.1) is 5.92 Å². The van der Waals surface area contributed by atoms with Gasteiger partial charge in [0.05, 0.1) is 25.3 Å². The van der Waals surface area contributed by atoms with E-state index in [-0.39, 0.29) is 11.9 Å². The third-order valence-corrected chi connectivity index (χ3v) is 3.87. The van der Waals surface area contributed by atoms with Gasteiger partial charge in [0.15, 0.2) is 5.79 Å². The van der Waals surface area contributed by atoms with Crippen LogP contribution >= 0.6 is 0 Å². The zero-order valence-electron chi connectivity index (χ0n) is 12.5. The van der Waals surface area contributed by atoms with E-state index in [1.54, 1.807) is 0 Å². The monoisotopic (exact) mass is 285 g/mol. The molecule has 116 valence electrons. The predicted octanol–water partition coefficient (Wildman–Crippen LogP) is -0.0289. The molecule has 2 saturated heterocycles. The Hall–Kier alpha value is -0.690. The molecule has 0 bridgehead atoms. The normalized spacial score (nSPS) is 24.8. The Bertz CT molecular complexity index is 320. The summed E-state index contributed by atoms with van der Waals surface area (Å²) >= 11 is 0. The molecule has 2 rings (SSSR count).